The monoisotopic (exact) mass is 259 g/mol. The Labute approximate surface area is 112 Å². The van der Waals surface area contributed by atoms with Crippen LogP contribution in [0.3, 0.4) is 0 Å². The van der Waals surface area contributed by atoms with Crippen LogP contribution in [0.1, 0.15) is 31.4 Å². The SMILES string of the molecule is CCC(C)OC(=O)C(C#N)=Cc1ccc(O)cc1C. The first kappa shape index (κ1) is 14.8. The molecule has 0 aromatic heterocycles. The van der Waals surface area contributed by atoms with Crippen molar-refractivity contribution in [3.05, 3.63) is 34.9 Å². The van der Waals surface area contributed by atoms with Crippen molar-refractivity contribution in [3.8, 4) is 11.8 Å². The van der Waals surface area contributed by atoms with Crippen LogP contribution in [0.5, 0.6) is 5.75 Å². The van der Waals surface area contributed by atoms with E-state index in [-0.39, 0.29) is 17.4 Å². The van der Waals surface area contributed by atoms with Crippen LogP contribution in [0.4, 0.5) is 0 Å². The molecule has 0 saturated carbocycles. The second-order valence-corrected chi connectivity index (χ2v) is 4.33. The van der Waals surface area contributed by atoms with E-state index in [1.54, 1.807) is 26.0 Å². The fraction of sp³-hybridized carbons (Fsp3) is 0.333. The third-order valence-electron chi connectivity index (χ3n) is 2.78. The highest BCUT2D eigenvalue weighted by Gasteiger charge is 2.14. The average molecular weight is 259 g/mol. The Hall–Kier alpha value is -2.28. The smallest absolute Gasteiger partial charge is 0.349 e. The van der Waals surface area contributed by atoms with Crippen molar-refractivity contribution in [2.45, 2.75) is 33.3 Å². The number of ether oxygens (including phenoxy) is 1. The van der Waals surface area contributed by atoms with Gasteiger partial charge in [0, 0.05) is 0 Å². The molecule has 0 radical (unpaired) electrons. The fourth-order valence-electron chi connectivity index (χ4n) is 1.44. The maximum Gasteiger partial charge on any atom is 0.349 e. The number of aromatic hydroxyl groups is 1. The van der Waals surface area contributed by atoms with Gasteiger partial charge in [-0.1, -0.05) is 13.0 Å². The number of aryl methyl sites for hydroxylation is 1. The molecule has 19 heavy (non-hydrogen) atoms. The largest absolute Gasteiger partial charge is 0.508 e. The third kappa shape index (κ3) is 4.14. The van der Waals surface area contributed by atoms with Crippen molar-refractivity contribution in [2.24, 2.45) is 0 Å². The van der Waals surface area contributed by atoms with Crippen LogP contribution >= 0.6 is 0 Å². The van der Waals surface area contributed by atoms with Crippen LogP contribution in [-0.2, 0) is 9.53 Å². The molecule has 1 unspecified atom stereocenters. The van der Waals surface area contributed by atoms with E-state index in [1.165, 1.54) is 12.1 Å². The maximum atomic E-state index is 11.8. The summed E-state index contributed by atoms with van der Waals surface area (Å²) in [5.41, 5.74) is 1.44. The summed E-state index contributed by atoms with van der Waals surface area (Å²) < 4.78 is 5.11. The van der Waals surface area contributed by atoms with E-state index in [1.807, 2.05) is 13.0 Å². The summed E-state index contributed by atoms with van der Waals surface area (Å²) in [7, 11) is 0. The summed E-state index contributed by atoms with van der Waals surface area (Å²) in [6.07, 6.45) is 1.95. The summed E-state index contributed by atoms with van der Waals surface area (Å²) in [5.74, 6) is -0.473. The van der Waals surface area contributed by atoms with E-state index in [9.17, 15) is 9.90 Å². The maximum absolute atomic E-state index is 11.8. The molecule has 0 amide bonds. The van der Waals surface area contributed by atoms with Crippen molar-refractivity contribution in [1.82, 2.24) is 0 Å². The van der Waals surface area contributed by atoms with E-state index in [0.717, 1.165) is 5.56 Å². The lowest BCUT2D eigenvalue weighted by atomic mass is 10.1. The molecule has 0 aliphatic heterocycles. The number of phenolic OH excluding ortho intramolecular Hbond substituents is 1. The Morgan fingerprint density at radius 1 is 1.58 bits per heavy atom. The van der Waals surface area contributed by atoms with Gasteiger partial charge in [-0.2, -0.15) is 5.26 Å². The van der Waals surface area contributed by atoms with E-state index >= 15 is 0 Å². The summed E-state index contributed by atoms with van der Waals surface area (Å²) in [6, 6.07) is 6.58. The highest BCUT2D eigenvalue weighted by molar-refractivity contribution is 5.98. The standard InChI is InChI=1S/C15H17NO3/c1-4-11(3)19-15(18)13(9-16)8-12-5-6-14(17)7-10(12)2/h5-8,11,17H,4H2,1-3H3. The van der Waals surface area contributed by atoms with E-state index in [4.69, 9.17) is 10.00 Å². The molecule has 0 fully saturated rings. The van der Waals surface area contributed by atoms with Gasteiger partial charge >= 0.3 is 5.97 Å². The lowest BCUT2D eigenvalue weighted by Gasteiger charge is -2.10. The van der Waals surface area contributed by atoms with Gasteiger partial charge in [-0.3, -0.25) is 0 Å². The number of carbonyl (C=O) groups excluding carboxylic acids is 1. The van der Waals surface area contributed by atoms with Crippen LogP contribution < -0.4 is 0 Å². The Morgan fingerprint density at radius 3 is 2.79 bits per heavy atom. The first-order valence-corrected chi connectivity index (χ1v) is 6.10. The molecule has 1 N–H and O–H groups in total. The number of hydrogen-bond acceptors (Lipinski definition) is 4. The lowest BCUT2D eigenvalue weighted by Crippen LogP contribution is -2.15. The predicted octanol–water partition coefficient (Wildman–Crippen LogP) is 2.95. The van der Waals surface area contributed by atoms with Gasteiger partial charge < -0.3 is 9.84 Å². The fourth-order valence-corrected chi connectivity index (χ4v) is 1.44. The molecule has 0 aliphatic rings. The summed E-state index contributed by atoms with van der Waals surface area (Å²) in [5, 5.41) is 18.3. The van der Waals surface area contributed by atoms with Gasteiger partial charge in [-0.15, -0.1) is 0 Å². The highest BCUT2D eigenvalue weighted by Crippen LogP contribution is 2.18. The first-order valence-electron chi connectivity index (χ1n) is 6.10. The Morgan fingerprint density at radius 2 is 2.26 bits per heavy atom. The van der Waals surface area contributed by atoms with Gasteiger partial charge in [-0.05, 0) is 49.6 Å². The van der Waals surface area contributed by atoms with Crippen LogP contribution in [0, 0.1) is 18.3 Å². The molecular weight excluding hydrogens is 242 g/mol. The molecule has 1 aromatic carbocycles. The first-order chi connectivity index (χ1) is 8.97. The average Bonchev–Trinajstić information content (AvgIpc) is 2.37. The van der Waals surface area contributed by atoms with Gasteiger partial charge in [0.05, 0.1) is 6.10 Å². The number of rotatable bonds is 4. The minimum absolute atomic E-state index is 0.0471. The molecule has 4 heteroatoms. The second kappa shape index (κ2) is 6.60. The molecule has 0 bridgehead atoms. The highest BCUT2D eigenvalue weighted by atomic mass is 16.5. The third-order valence-corrected chi connectivity index (χ3v) is 2.78. The number of hydrogen-bond donors (Lipinski definition) is 1. The molecule has 0 spiro atoms. The van der Waals surface area contributed by atoms with Gasteiger partial charge in [0.1, 0.15) is 17.4 Å². The van der Waals surface area contributed by atoms with Crippen molar-refractivity contribution in [1.29, 1.82) is 5.26 Å². The van der Waals surface area contributed by atoms with Gasteiger partial charge in [0.15, 0.2) is 0 Å². The Balaban J connectivity index is 2.99. The Kier molecular flexibility index (Phi) is 5.13. The molecular formula is C15H17NO3. The van der Waals surface area contributed by atoms with Crippen LogP contribution in [-0.4, -0.2) is 17.2 Å². The molecule has 1 aromatic rings. The number of carbonyl (C=O) groups is 1. The van der Waals surface area contributed by atoms with Crippen molar-refractivity contribution < 1.29 is 14.6 Å². The topological polar surface area (TPSA) is 70.3 Å². The van der Waals surface area contributed by atoms with Crippen LogP contribution in [0.25, 0.3) is 6.08 Å². The zero-order valence-corrected chi connectivity index (χ0v) is 11.3. The molecule has 4 nitrogen and oxygen atoms in total. The zero-order chi connectivity index (χ0) is 14.4. The molecule has 0 saturated heterocycles. The van der Waals surface area contributed by atoms with Crippen molar-refractivity contribution >= 4 is 12.0 Å². The molecule has 1 atom stereocenters. The Bertz CT molecular complexity index is 541. The number of nitriles is 1. The van der Waals surface area contributed by atoms with Gasteiger partial charge in [-0.25, -0.2) is 4.79 Å². The number of phenols is 1. The molecule has 0 heterocycles. The number of esters is 1. The van der Waals surface area contributed by atoms with Gasteiger partial charge in [0.2, 0.25) is 0 Å². The lowest BCUT2D eigenvalue weighted by molar-refractivity contribution is -0.142. The molecule has 100 valence electrons. The molecule has 0 aliphatic carbocycles. The zero-order valence-electron chi connectivity index (χ0n) is 11.3. The minimum atomic E-state index is -0.621. The number of nitrogens with zero attached hydrogens (tertiary/aromatic N) is 1. The summed E-state index contributed by atoms with van der Waals surface area (Å²) in [4.78, 5) is 11.8. The van der Waals surface area contributed by atoms with Crippen LogP contribution in [0.15, 0.2) is 23.8 Å². The summed E-state index contributed by atoms with van der Waals surface area (Å²) >= 11 is 0. The summed E-state index contributed by atoms with van der Waals surface area (Å²) in [6.45, 7) is 5.47. The normalized spacial score (nSPS) is 12.6. The van der Waals surface area contributed by atoms with Crippen molar-refractivity contribution in [2.75, 3.05) is 0 Å². The minimum Gasteiger partial charge on any atom is -0.508 e. The quantitative estimate of drug-likeness (QED) is 0.512. The van der Waals surface area contributed by atoms with Crippen molar-refractivity contribution in [3.63, 3.8) is 0 Å². The van der Waals surface area contributed by atoms with E-state index in [2.05, 4.69) is 0 Å². The number of benzene rings is 1. The van der Waals surface area contributed by atoms with Gasteiger partial charge in [0.25, 0.3) is 0 Å². The molecule has 1 rings (SSSR count). The van der Waals surface area contributed by atoms with E-state index in [0.29, 0.717) is 12.0 Å². The predicted molar refractivity (Wildman–Crippen MR) is 72.3 cm³/mol. The van der Waals surface area contributed by atoms with Crippen LogP contribution in [0.2, 0.25) is 0 Å². The van der Waals surface area contributed by atoms with E-state index < -0.39 is 5.97 Å². The second-order valence-electron chi connectivity index (χ2n) is 4.33.